The van der Waals surface area contributed by atoms with Crippen LogP contribution < -0.4 is 10.6 Å². The van der Waals surface area contributed by atoms with Crippen molar-refractivity contribution in [3.8, 4) is 0 Å². The number of hydrogen-bond donors (Lipinski definition) is 2. The van der Waals surface area contributed by atoms with E-state index in [1.165, 1.54) is 17.8 Å². The second-order valence-corrected chi connectivity index (χ2v) is 9.82. The minimum absolute atomic E-state index is 0.110. The van der Waals surface area contributed by atoms with Crippen LogP contribution >= 0.6 is 11.3 Å². The highest BCUT2D eigenvalue weighted by Crippen LogP contribution is 2.26. The summed E-state index contributed by atoms with van der Waals surface area (Å²) in [6.45, 7) is 0.732. The van der Waals surface area contributed by atoms with Gasteiger partial charge >= 0.3 is 0 Å². The van der Waals surface area contributed by atoms with Crippen LogP contribution in [0.1, 0.15) is 66.2 Å². The number of carbonyl (C=O) groups excluding carboxylic acids is 3. The third kappa shape index (κ3) is 6.42. The van der Waals surface area contributed by atoms with Gasteiger partial charge in [-0.1, -0.05) is 31.4 Å². The largest absolute Gasteiger partial charge is 0.376 e. The van der Waals surface area contributed by atoms with Crippen molar-refractivity contribution in [2.24, 2.45) is 0 Å². The Kier molecular flexibility index (Phi) is 8.65. The molecule has 2 N–H and O–H groups in total. The molecule has 8 nitrogen and oxygen atoms in total. The van der Waals surface area contributed by atoms with Crippen molar-refractivity contribution in [1.82, 2.24) is 20.5 Å². The summed E-state index contributed by atoms with van der Waals surface area (Å²) in [5.74, 6) is -0.839. The Hall–Kier alpha value is -2.78. The number of nitrogens with one attached hydrogen (secondary N) is 2. The Labute approximate surface area is 204 Å². The van der Waals surface area contributed by atoms with Crippen LogP contribution in [0.3, 0.4) is 0 Å². The van der Waals surface area contributed by atoms with E-state index in [0.717, 1.165) is 38.5 Å². The molecule has 2 atom stereocenters. The molecule has 0 unspecified atom stereocenters. The molecule has 3 heterocycles. The predicted octanol–water partition coefficient (Wildman–Crippen LogP) is 3.07. The summed E-state index contributed by atoms with van der Waals surface area (Å²) in [5, 5.41) is 7.70. The molecular formula is C25H32N4O4S. The molecule has 1 saturated carbocycles. The van der Waals surface area contributed by atoms with Gasteiger partial charge in [-0.05, 0) is 43.2 Å². The molecule has 2 aliphatic rings. The van der Waals surface area contributed by atoms with Crippen LogP contribution in [0.4, 0.5) is 0 Å². The van der Waals surface area contributed by atoms with Gasteiger partial charge in [-0.25, -0.2) is 0 Å². The molecule has 1 aliphatic heterocycles. The Morgan fingerprint density at radius 3 is 2.65 bits per heavy atom. The summed E-state index contributed by atoms with van der Waals surface area (Å²) in [7, 11) is 0. The molecule has 2 aromatic heterocycles. The van der Waals surface area contributed by atoms with E-state index in [1.54, 1.807) is 35.5 Å². The lowest BCUT2D eigenvalue weighted by molar-refractivity contribution is -0.142. The molecule has 4 rings (SSSR count). The number of thiophene rings is 1. The highest BCUT2D eigenvalue weighted by atomic mass is 32.1. The van der Waals surface area contributed by atoms with E-state index < -0.39 is 6.04 Å². The quantitative estimate of drug-likeness (QED) is 0.570. The van der Waals surface area contributed by atoms with E-state index in [0.29, 0.717) is 17.0 Å². The number of carbonyl (C=O) groups is 3. The summed E-state index contributed by atoms with van der Waals surface area (Å²) in [6.07, 6.45) is 10.2. The Balaban J connectivity index is 1.55. The normalized spacial score (nSPS) is 19.4. The van der Waals surface area contributed by atoms with Gasteiger partial charge in [0.25, 0.3) is 5.91 Å². The summed E-state index contributed by atoms with van der Waals surface area (Å²) in [6, 6.07) is 6.36. The van der Waals surface area contributed by atoms with Gasteiger partial charge in [0.15, 0.2) is 0 Å². The third-order valence-corrected chi connectivity index (χ3v) is 7.27. The number of nitrogens with zero attached hydrogens (tertiary/aromatic N) is 2. The smallest absolute Gasteiger partial charge is 0.261 e. The standard InChI is InChI=1S/C25H32N4O4S/c30-22(16-27-24(31)21-11-6-14-34-21)29(17-20-10-5-13-33-20)23(18-7-4-12-26-15-18)25(32)28-19-8-2-1-3-9-19/h4,6-7,11-12,14-15,19-20,23H,1-3,5,8-10,13,16-17H2,(H,27,31)(H,28,32)/t20-,23-/m1/s1. The Morgan fingerprint density at radius 1 is 1.12 bits per heavy atom. The monoisotopic (exact) mass is 484 g/mol. The van der Waals surface area contributed by atoms with E-state index in [2.05, 4.69) is 15.6 Å². The number of rotatable bonds is 9. The van der Waals surface area contributed by atoms with Crippen molar-refractivity contribution >= 4 is 29.1 Å². The first kappa shape index (κ1) is 24.3. The number of ether oxygens (including phenoxy) is 1. The fourth-order valence-corrected chi connectivity index (χ4v) is 5.29. The van der Waals surface area contributed by atoms with Crippen molar-refractivity contribution in [3.63, 3.8) is 0 Å². The SMILES string of the molecule is O=C(NCC(=O)N(C[C@H]1CCCO1)[C@@H](C(=O)NC1CCCCC1)c1cccnc1)c1cccs1. The average Bonchev–Trinajstić information content (AvgIpc) is 3.58. The van der Waals surface area contributed by atoms with Crippen LogP contribution in [0.25, 0.3) is 0 Å². The third-order valence-electron chi connectivity index (χ3n) is 6.40. The maximum Gasteiger partial charge on any atom is 0.261 e. The molecule has 2 aromatic rings. The van der Waals surface area contributed by atoms with Gasteiger partial charge in [-0.15, -0.1) is 11.3 Å². The summed E-state index contributed by atoms with van der Waals surface area (Å²) in [4.78, 5) is 45.8. The first-order valence-corrected chi connectivity index (χ1v) is 12.9. The second-order valence-electron chi connectivity index (χ2n) is 8.87. The van der Waals surface area contributed by atoms with Crippen LogP contribution in [-0.4, -0.2) is 59.4 Å². The van der Waals surface area contributed by atoms with Crippen LogP contribution in [0, 0.1) is 0 Å². The Bertz CT molecular complexity index is 941. The lowest BCUT2D eigenvalue weighted by Crippen LogP contribution is -2.51. The molecule has 2 fully saturated rings. The van der Waals surface area contributed by atoms with E-state index in [-0.39, 0.29) is 43.0 Å². The first-order valence-electron chi connectivity index (χ1n) is 12.0. The van der Waals surface area contributed by atoms with Gasteiger partial charge in [0.05, 0.1) is 17.5 Å². The average molecular weight is 485 g/mol. The molecule has 0 radical (unpaired) electrons. The number of hydrogen-bond acceptors (Lipinski definition) is 6. The van der Waals surface area contributed by atoms with Crippen LogP contribution in [0.2, 0.25) is 0 Å². The minimum atomic E-state index is -0.842. The van der Waals surface area contributed by atoms with E-state index in [1.807, 2.05) is 11.4 Å². The molecule has 0 bridgehead atoms. The zero-order chi connectivity index (χ0) is 23.8. The van der Waals surface area contributed by atoms with Gasteiger partial charge in [0.1, 0.15) is 6.04 Å². The van der Waals surface area contributed by atoms with E-state index in [9.17, 15) is 14.4 Å². The van der Waals surface area contributed by atoms with Gasteiger partial charge in [-0.3, -0.25) is 19.4 Å². The zero-order valence-corrected chi connectivity index (χ0v) is 20.1. The summed E-state index contributed by atoms with van der Waals surface area (Å²) >= 11 is 1.32. The zero-order valence-electron chi connectivity index (χ0n) is 19.3. The lowest BCUT2D eigenvalue weighted by Gasteiger charge is -2.34. The van der Waals surface area contributed by atoms with Gasteiger partial charge in [-0.2, -0.15) is 0 Å². The summed E-state index contributed by atoms with van der Waals surface area (Å²) < 4.78 is 5.81. The molecular weight excluding hydrogens is 452 g/mol. The number of pyridine rings is 1. The molecule has 1 aliphatic carbocycles. The predicted molar refractivity (Wildman–Crippen MR) is 129 cm³/mol. The highest BCUT2D eigenvalue weighted by molar-refractivity contribution is 7.12. The van der Waals surface area contributed by atoms with Crippen molar-refractivity contribution in [3.05, 3.63) is 52.5 Å². The van der Waals surface area contributed by atoms with E-state index in [4.69, 9.17) is 4.74 Å². The van der Waals surface area contributed by atoms with Crippen molar-refractivity contribution < 1.29 is 19.1 Å². The van der Waals surface area contributed by atoms with Crippen molar-refractivity contribution in [1.29, 1.82) is 0 Å². The van der Waals surface area contributed by atoms with Crippen LogP contribution in [-0.2, 0) is 14.3 Å². The molecule has 34 heavy (non-hydrogen) atoms. The summed E-state index contributed by atoms with van der Waals surface area (Å²) in [5.41, 5.74) is 0.645. The van der Waals surface area contributed by atoms with Gasteiger partial charge in [0.2, 0.25) is 11.8 Å². The topological polar surface area (TPSA) is 101 Å². The van der Waals surface area contributed by atoms with Gasteiger partial charge in [0, 0.05) is 37.2 Å². The first-order chi connectivity index (χ1) is 16.6. The highest BCUT2D eigenvalue weighted by Gasteiger charge is 2.35. The molecule has 1 saturated heterocycles. The van der Waals surface area contributed by atoms with Gasteiger partial charge < -0.3 is 20.3 Å². The maximum atomic E-state index is 13.6. The lowest BCUT2D eigenvalue weighted by atomic mass is 9.94. The molecule has 0 spiro atoms. The molecule has 9 heteroatoms. The fourth-order valence-electron chi connectivity index (χ4n) is 4.65. The van der Waals surface area contributed by atoms with Crippen LogP contribution in [0.5, 0.6) is 0 Å². The molecule has 0 aromatic carbocycles. The molecule has 3 amide bonds. The van der Waals surface area contributed by atoms with E-state index >= 15 is 0 Å². The number of amides is 3. The van der Waals surface area contributed by atoms with Crippen LogP contribution in [0.15, 0.2) is 42.0 Å². The minimum Gasteiger partial charge on any atom is -0.376 e. The number of aromatic nitrogens is 1. The van der Waals surface area contributed by atoms with Crippen molar-refractivity contribution in [2.45, 2.75) is 63.1 Å². The van der Waals surface area contributed by atoms with Crippen molar-refractivity contribution in [2.75, 3.05) is 19.7 Å². The fraction of sp³-hybridized carbons (Fsp3) is 0.520. The molecule has 182 valence electrons. The maximum absolute atomic E-state index is 13.6. The Morgan fingerprint density at radius 2 is 1.97 bits per heavy atom. The second kappa shape index (κ2) is 12.1.